The Bertz CT molecular complexity index is 357. The summed E-state index contributed by atoms with van der Waals surface area (Å²) in [5, 5.41) is 8.55. The van der Waals surface area contributed by atoms with E-state index in [1.807, 2.05) is 0 Å². The van der Waals surface area contributed by atoms with Gasteiger partial charge in [-0.25, -0.2) is 0 Å². The summed E-state index contributed by atoms with van der Waals surface area (Å²) in [6.07, 6.45) is 17.2. The van der Waals surface area contributed by atoms with E-state index in [1.54, 1.807) is 0 Å². The molecule has 6 nitrogen and oxygen atoms in total. The molecule has 0 bridgehead atoms. The Labute approximate surface area is 196 Å². The van der Waals surface area contributed by atoms with Crippen LogP contribution in [0.5, 0.6) is 0 Å². The molecule has 0 saturated heterocycles. The molecular formula is C24H48O6S. The van der Waals surface area contributed by atoms with Gasteiger partial charge in [0.25, 0.3) is 0 Å². The Hall–Kier alpha value is -0.340. The maximum atomic E-state index is 11.7. The topological polar surface area (TPSA) is 74.2 Å². The molecule has 0 rings (SSSR count). The van der Waals surface area contributed by atoms with E-state index in [0.29, 0.717) is 52.7 Å². The molecule has 0 aromatic heterocycles. The van der Waals surface area contributed by atoms with Gasteiger partial charge >= 0.3 is 5.97 Å². The summed E-state index contributed by atoms with van der Waals surface area (Å²) >= 11 is 4.24. The van der Waals surface area contributed by atoms with Crippen molar-refractivity contribution in [1.82, 2.24) is 0 Å². The molecule has 0 aliphatic heterocycles. The van der Waals surface area contributed by atoms with Crippen molar-refractivity contribution in [2.45, 2.75) is 89.9 Å². The lowest BCUT2D eigenvalue weighted by Gasteiger charge is -2.07. The SMILES string of the molecule is O=C(CCCCCCCCCCCCCCCS)OCCOCCOCCOCCO. The van der Waals surface area contributed by atoms with Crippen molar-refractivity contribution in [3.05, 3.63) is 0 Å². The first-order valence-corrected chi connectivity index (χ1v) is 13.0. The van der Waals surface area contributed by atoms with E-state index >= 15 is 0 Å². The van der Waals surface area contributed by atoms with Crippen molar-refractivity contribution in [3.8, 4) is 0 Å². The number of hydrogen-bond acceptors (Lipinski definition) is 7. The van der Waals surface area contributed by atoms with Crippen molar-refractivity contribution in [2.75, 3.05) is 58.6 Å². The number of thiol groups is 1. The van der Waals surface area contributed by atoms with Crippen LogP contribution in [0.2, 0.25) is 0 Å². The highest BCUT2D eigenvalue weighted by atomic mass is 32.1. The zero-order valence-electron chi connectivity index (χ0n) is 19.7. The highest BCUT2D eigenvalue weighted by Crippen LogP contribution is 2.13. The Kier molecular flexibility index (Phi) is 27.4. The standard InChI is InChI=1S/C24H48O6S/c25-15-16-27-17-18-28-19-20-29-21-22-30-24(26)14-12-10-8-6-4-2-1-3-5-7-9-11-13-23-31/h25,31H,1-23H2. The molecule has 0 aromatic rings. The van der Waals surface area contributed by atoms with Gasteiger partial charge in [0.2, 0.25) is 0 Å². The van der Waals surface area contributed by atoms with Crippen LogP contribution in [0.25, 0.3) is 0 Å². The molecule has 0 aliphatic carbocycles. The number of hydrogen-bond donors (Lipinski definition) is 2. The third kappa shape index (κ3) is 27.6. The van der Waals surface area contributed by atoms with Crippen molar-refractivity contribution in [1.29, 1.82) is 0 Å². The van der Waals surface area contributed by atoms with Crippen LogP contribution in [0.3, 0.4) is 0 Å². The van der Waals surface area contributed by atoms with Crippen molar-refractivity contribution < 1.29 is 28.8 Å². The van der Waals surface area contributed by atoms with Crippen LogP contribution in [0.15, 0.2) is 0 Å². The fourth-order valence-corrected chi connectivity index (χ4v) is 3.44. The molecule has 186 valence electrons. The molecule has 0 aliphatic rings. The van der Waals surface area contributed by atoms with Crippen LogP contribution >= 0.6 is 12.6 Å². The maximum Gasteiger partial charge on any atom is 0.305 e. The number of aliphatic hydroxyl groups is 1. The Morgan fingerprint density at radius 2 is 0.935 bits per heavy atom. The minimum Gasteiger partial charge on any atom is -0.463 e. The molecule has 0 heterocycles. The van der Waals surface area contributed by atoms with Crippen LogP contribution < -0.4 is 0 Å². The first-order chi connectivity index (χ1) is 15.3. The second kappa shape index (κ2) is 27.7. The summed E-state index contributed by atoms with van der Waals surface area (Å²) in [7, 11) is 0. The Morgan fingerprint density at radius 1 is 0.548 bits per heavy atom. The van der Waals surface area contributed by atoms with Gasteiger partial charge < -0.3 is 24.1 Å². The molecular weight excluding hydrogens is 416 g/mol. The molecule has 0 fully saturated rings. The van der Waals surface area contributed by atoms with E-state index in [0.717, 1.165) is 18.6 Å². The van der Waals surface area contributed by atoms with E-state index in [2.05, 4.69) is 12.6 Å². The predicted molar refractivity (Wildman–Crippen MR) is 129 cm³/mol. The summed E-state index contributed by atoms with van der Waals surface area (Å²) in [5.41, 5.74) is 0. The van der Waals surface area contributed by atoms with Gasteiger partial charge in [0.1, 0.15) is 6.61 Å². The van der Waals surface area contributed by atoms with Gasteiger partial charge in [0, 0.05) is 6.42 Å². The molecule has 0 saturated carbocycles. The van der Waals surface area contributed by atoms with Gasteiger partial charge in [-0.2, -0.15) is 12.6 Å². The van der Waals surface area contributed by atoms with Gasteiger partial charge in [0.15, 0.2) is 0 Å². The van der Waals surface area contributed by atoms with E-state index in [1.165, 1.54) is 70.6 Å². The fourth-order valence-electron chi connectivity index (χ4n) is 3.22. The molecule has 0 atom stereocenters. The van der Waals surface area contributed by atoms with Crippen molar-refractivity contribution in [3.63, 3.8) is 0 Å². The number of carbonyl (C=O) groups excluding carboxylic acids is 1. The molecule has 0 unspecified atom stereocenters. The maximum absolute atomic E-state index is 11.7. The zero-order chi connectivity index (χ0) is 22.7. The summed E-state index contributed by atoms with van der Waals surface area (Å²) in [5.74, 6) is 0.896. The molecule has 0 spiro atoms. The number of carbonyl (C=O) groups is 1. The summed E-state index contributed by atoms with van der Waals surface area (Å²) in [6.45, 7) is 2.95. The highest BCUT2D eigenvalue weighted by molar-refractivity contribution is 7.80. The lowest BCUT2D eigenvalue weighted by atomic mass is 10.0. The van der Waals surface area contributed by atoms with Crippen molar-refractivity contribution >= 4 is 18.6 Å². The summed E-state index contributed by atoms with van der Waals surface area (Å²) < 4.78 is 20.9. The number of aliphatic hydroxyl groups excluding tert-OH is 1. The minimum absolute atomic E-state index is 0.0275. The lowest BCUT2D eigenvalue weighted by molar-refractivity contribution is -0.145. The van der Waals surface area contributed by atoms with E-state index in [4.69, 9.17) is 24.1 Å². The molecule has 7 heteroatoms. The van der Waals surface area contributed by atoms with Gasteiger partial charge in [-0.3, -0.25) is 4.79 Å². The molecule has 0 radical (unpaired) electrons. The van der Waals surface area contributed by atoms with Gasteiger partial charge in [-0.1, -0.05) is 70.6 Å². The zero-order valence-corrected chi connectivity index (χ0v) is 20.6. The first kappa shape index (κ1) is 30.7. The van der Waals surface area contributed by atoms with Crippen LogP contribution in [0, 0.1) is 0 Å². The second-order valence-corrected chi connectivity index (χ2v) is 8.30. The lowest BCUT2D eigenvalue weighted by Crippen LogP contribution is -2.14. The number of esters is 1. The Morgan fingerprint density at radius 3 is 1.39 bits per heavy atom. The fraction of sp³-hybridized carbons (Fsp3) is 0.958. The quantitative estimate of drug-likeness (QED) is 0.107. The summed E-state index contributed by atoms with van der Waals surface area (Å²) in [6, 6.07) is 0. The van der Waals surface area contributed by atoms with Gasteiger partial charge in [0.05, 0.1) is 46.2 Å². The normalized spacial score (nSPS) is 11.2. The smallest absolute Gasteiger partial charge is 0.305 e. The third-order valence-corrected chi connectivity index (χ3v) is 5.33. The monoisotopic (exact) mass is 464 g/mol. The Balaban J connectivity index is 3.13. The molecule has 31 heavy (non-hydrogen) atoms. The molecule has 1 N–H and O–H groups in total. The minimum atomic E-state index is -0.129. The van der Waals surface area contributed by atoms with E-state index in [-0.39, 0.29) is 12.6 Å². The second-order valence-electron chi connectivity index (χ2n) is 7.85. The predicted octanol–water partition coefficient (Wildman–Crippen LogP) is 4.96. The van der Waals surface area contributed by atoms with E-state index in [9.17, 15) is 4.79 Å². The first-order valence-electron chi connectivity index (χ1n) is 12.4. The van der Waals surface area contributed by atoms with Crippen LogP contribution in [-0.2, 0) is 23.7 Å². The van der Waals surface area contributed by atoms with Crippen LogP contribution in [-0.4, -0.2) is 69.7 Å². The van der Waals surface area contributed by atoms with Crippen LogP contribution in [0.1, 0.15) is 89.9 Å². The van der Waals surface area contributed by atoms with Crippen molar-refractivity contribution in [2.24, 2.45) is 0 Å². The van der Waals surface area contributed by atoms with Crippen LogP contribution in [0.4, 0.5) is 0 Å². The number of ether oxygens (including phenoxy) is 4. The third-order valence-electron chi connectivity index (χ3n) is 5.01. The number of unbranched alkanes of at least 4 members (excludes halogenated alkanes) is 12. The molecule has 0 amide bonds. The molecule has 0 aromatic carbocycles. The average Bonchev–Trinajstić information content (AvgIpc) is 2.77. The summed E-state index contributed by atoms with van der Waals surface area (Å²) in [4.78, 5) is 11.7. The van der Waals surface area contributed by atoms with E-state index < -0.39 is 0 Å². The highest BCUT2D eigenvalue weighted by Gasteiger charge is 2.02. The van der Waals surface area contributed by atoms with Gasteiger partial charge in [-0.05, 0) is 18.6 Å². The van der Waals surface area contributed by atoms with Gasteiger partial charge in [-0.15, -0.1) is 0 Å². The average molecular weight is 465 g/mol. The number of rotatable bonds is 26. The largest absolute Gasteiger partial charge is 0.463 e.